The molecule has 62 valence electrons. The average Bonchev–Trinajstić information content (AvgIpc) is 2.36. The molecular formula is C6H8BrNO2S. The predicted molar refractivity (Wildman–Crippen MR) is 48.2 cm³/mol. The number of nitrogens with one attached hydrogen (secondary N) is 1. The summed E-state index contributed by atoms with van der Waals surface area (Å²) >= 11 is 4.70. The maximum Gasteiger partial charge on any atom is 0.346 e. The minimum absolute atomic E-state index is 0.0990. The van der Waals surface area contributed by atoms with Crippen LogP contribution in [-0.4, -0.2) is 16.9 Å². The van der Waals surface area contributed by atoms with Crippen molar-refractivity contribution in [1.29, 1.82) is 0 Å². The Balaban J connectivity index is 2.43. The summed E-state index contributed by atoms with van der Waals surface area (Å²) in [5.74, 6) is -0.257. The van der Waals surface area contributed by atoms with Gasteiger partial charge in [0.15, 0.2) is 0 Å². The molecule has 0 aromatic heterocycles. The van der Waals surface area contributed by atoms with Crippen LogP contribution in [-0.2, 0) is 9.53 Å². The molecule has 11 heavy (non-hydrogen) atoms. The zero-order chi connectivity index (χ0) is 8.27. The highest BCUT2D eigenvalue weighted by atomic mass is 79.9. The minimum Gasteiger partial charge on any atom is -0.462 e. The Morgan fingerprint density at radius 1 is 2.00 bits per heavy atom. The van der Waals surface area contributed by atoms with Crippen LogP contribution in [0.2, 0.25) is 0 Å². The SMILES string of the molecule is CCOC(=O)C1=CNC(Br)S1. The van der Waals surface area contributed by atoms with Crippen LogP contribution in [0.3, 0.4) is 0 Å². The van der Waals surface area contributed by atoms with Crippen LogP contribution < -0.4 is 5.32 Å². The Morgan fingerprint density at radius 2 is 2.73 bits per heavy atom. The Bertz CT molecular complexity index is 195. The summed E-state index contributed by atoms with van der Waals surface area (Å²) in [6, 6.07) is 0. The molecule has 0 saturated heterocycles. The first kappa shape index (κ1) is 8.93. The molecule has 3 nitrogen and oxygen atoms in total. The van der Waals surface area contributed by atoms with Gasteiger partial charge >= 0.3 is 5.97 Å². The fourth-order valence-electron chi connectivity index (χ4n) is 0.630. The van der Waals surface area contributed by atoms with E-state index in [0.717, 1.165) is 0 Å². The predicted octanol–water partition coefficient (Wildman–Crippen LogP) is 1.41. The minimum atomic E-state index is -0.257. The van der Waals surface area contributed by atoms with E-state index in [2.05, 4.69) is 21.2 Å². The molecule has 0 radical (unpaired) electrons. The van der Waals surface area contributed by atoms with Crippen LogP contribution in [0.1, 0.15) is 6.92 Å². The van der Waals surface area contributed by atoms with Gasteiger partial charge in [0.2, 0.25) is 0 Å². The molecule has 5 heteroatoms. The van der Waals surface area contributed by atoms with Gasteiger partial charge in [-0.3, -0.25) is 0 Å². The third-order valence-corrected chi connectivity index (χ3v) is 2.76. The molecule has 0 spiro atoms. The van der Waals surface area contributed by atoms with E-state index in [1.165, 1.54) is 11.8 Å². The number of carbonyl (C=O) groups is 1. The summed E-state index contributed by atoms with van der Waals surface area (Å²) in [7, 11) is 0. The highest BCUT2D eigenvalue weighted by Crippen LogP contribution is 2.29. The molecule has 1 atom stereocenters. The fourth-order valence-corrected chi connectivity index (χ4v) is 2.02. The van der Waals surface area contributed by atoms with Crippen molar-refractivity contribution in [2.45, 2.75) is 11.2 Å². The third-order valence-electron chi connectivity index (χ3n) is 1.05. The first-order chi connectivity index (χ1) is 5.24. The lowest BCUT2D eigenvalue weighted by atomic mass is 10.6. The molecule has 0 aliphatic carbocycles. The number of halogens is 1. The number of rotatable bonds is 2. The second-order valence-corrected chi connectivity index (χ2v) is 4.50. The Labute approximate surface area is 77.7 Å². The van der Waals surface area contributed by atoms with Crippen LogP contribution >= 0.6 is 27.7 Å². The number of esters is 1. The highest BCUT2D eigenvalue weighted by molar-refractivity contribution is 9.11. The molecule has 0 bridgehead atoms. The summed E-state index contributed by atoms with van der Waals surface area (Å²) < 4.78 is 4.88. The van der Waals surface area contributed by atoms with E-state index < -0.39 is 0 Å². The molecule has 1 aliphatic heterocycles. The molecular weight excluding hydrogens is 230 g/mol. The largest absolute Gasteiger partial charge is 0.462 e. The Kier molecular flexibility index (Phi) is 3.26. The summed E-state index contributed by atoms with van der Waals surface area (Å²) in [6.45, 7) is 2.21. The van der Waals surface area contributed by atoms with Crippen molar-refractivity contribution >= 4 is 33.7 Å². The van der Waals surface area contributed by atoms with Gasteiger partial charge in [0.25, 0.3) is 0 Å². The number of hydrogen-bond acceptors (Lipinski definition) is 4. The normalized spacial score (nSPS) is 22.4. The van der Waals surface area contributed by atoms with Gasteiger partial charge in [-0.05, 0) is 6.92 Å². The van der Waals surface area contributed by atoms with Crippen molar-refractivity contribution in [3.05, 3.63) is 11.1 Å². The topological polar surface area (TPSA) is 38.3 Å². The van der Waals surface area contributed by atoms with Gasteiger partial charge in [-0.1, -0.05) is 27.7 Å². The standard InChI is InChI=1S/C6H8BrNO2S/c1-2-10-5(9)4-3-8-6(7)11-4/h3,6,8H,2H2,1H3. The van der Waals surface area contributed by atoms with E-state index in [4.69, 9.17) is 4.74 Å². The van der Waals surface area contributed by atoms with Crippen LogP contribution in [0.4, 0.5) is 0 Å². The molecule has 0 fully saturated rings. The van der Waals surface area contributed by atoms with Gasteiger partial charge in [-0.2, -0.15) is 0 Å². The number of ether oxygens (including phenoxy) is 1. The van der Waals surface area contributed by atoms with Crippen molar-refractivity contribution in [1.82, 2.24) is 5.32 Å². The van der Waals surface area contributed by atoms with Crippen molar-refractivity contribution in [2.24, 2.45) is 0 Å². The molecule has 1 rings (SSSR count). The van der Waals surface area contributed by atoms with Crippen LogP contribution in [0.25, 0.3) is 0 Å². The van der Waals surface area contributed by atoms with E-state index in [0.29, 0.717) is 11.5 Å². The fraction of sp³-hybridized carbons (Fsp3) is 0.500. The zero-order valence-electron chi connectivity index (χ0n) is 5.96. The van der Waals surface area contributed by atoms with Crippen LogP contribution in [0, 0.1) is 0 Å². The van der Waals surface area contributed by atoms with E-state index in [-0.39, 0.29) is 10.3 Å². The van der Waals surface area contributed by atoms with Gasteiger partial charge in [0.05, 0.1) is 6.61 Å². The van der Waals surface area contributed by atoms with Gasteiger partial charge in [0, 0.05) is 6.20 Å². The average molecular weight is 238 g/mol. The number of alkyl halides is 1. The molecule has 1 heterocycles. The van der Waals surface area contributed by atoms with E-state index >= 15 is 0 Å². The third kappa shape index (κ3) is 2.41. The van der Waals surface area contributed by atoms with E-state index in [1.54, 1.807) is 13.1 Å². The molecule has 0 aromatic carbocycles. The number of carbonyl (C=O) groups excluding carboxylic acids is 1. The lowest BCUT2D eigenvalue weighted by Crippen LogP contribution is -2.05. The summed E-state index contributed by atoms with van der Waals surface area (Å²) in [6.07, 6.45) is 1.65. The van der Waals surface area contributed by atoms with Gasteiger partial charge in [0.1, 0.15) is 9.19 Å². The first-order valence-electron chi connectivity index (χ1n) is 3.18. The maximum atomic E-state index is 11.0. The lowest BCUT2D eigenvalue weighted by molar-refractivity contribution is -0.137. The molecule has 1 unspecified atom stereocenters. The number of thioether (sulfide) groups is 1. The Morgan fingerprint density at radius 3 is 3.18 bits per heavy atom. The quantitative estimate of drug-likeness (QED) is 0.448. The van der Waals surface area contributed by atoms with Crippen molar-refractivity contribution in [2.75, 3.05) is 6.61 Å². The van der Waals surface area contributed by atoms with Crippen LogP contribution in [0.15, 0.2) is 11.1 Å². The van der Waals surface area contributed by atoms with Gasteiger partial charge < -0.3 is 10.1 Å². The van der Waals surface area contributed by atoms with Crippen molar-refractivity contribution in [3.8, 4) is 0 Å². The Hall–Kier alpha value is -0.160. The summed E-state index contributed by atoms with van der Waals surface area (Å²) in [4.78, 5) is 11.6. The monoisotopic (exact) mass is 237 g/mol. The molecule has 1 N–H and O–H groups in total. The summed E-state index contributed by atoms with van der Waals surface area (Å²) in [5, 5.41) is 2.93. The second-order valence-electron chi connectivity index (χ2n) is 1.83. The zero-order valence-corrected chi connectivity index (χ0v) is 8.37. The lowest BCUT2D eigenvalue weighted by Gasteiger charge is -2.00. The first-order valence-corrected chi connectivity index (χ1v) is 4.97. The molecule has 1 aliphatic rings. The second kappa shape index (κ2) is 4.01. The molecule has 0 saturated carbocycles. The highest BCUT2D eigenvalue weighted by Gasteiger charge is 2.20. The number of hydrogen-bond donors (Lipinski definition) is 1. The van der Waals surface area contributed by atoms with Crippen molar-refractivity contribution in [3.63, 3.8) is 0 Å². The van der Waals surface area contributed by atoms with E-state index in [9.17, 15) is 4.79 Å². The van der Waals surface area contributed by atoms with Gasteiger partial charge in [-0.25, -0.2) is 4.79 Å². The molecule has 0 amide bonds. The summed E-state index contributed by atoms with van der Waals surface area (Å²) in [5.41, 5.74) is 0. The molecule has 0 aromatic rings. The van der Waals surface area contributed by atoms with E-state index in [1.807, 2.05) is 0 Å². The smallest absolute Gasteiger partial charge is 0.346 e. The van der Waals surface area contributed by atoms with Crippen molar-refractivity contribution < 1.29 is 9.53 Å². The van der Waals surface area contributed by atoms with Gasteiger partial charge in [-0.15, -0.1) is 0 Å². The maximum absolute atomic E-state index is 11.0. The van der Waals surface area contributed by atoms with Crippen LogP contribution in [0.5, 0.6) is 0 Å².